The monoisotopic (exact) mass is 536 g/mol. The summed E-state index contributed by atoms with van der Waals surface area (Å²) in [6.45, 7) is 8.86. The molecular weight excluding hydrogens is 499 g/mol. The first kappa shape index (κ1) is 26.2. The molecule has 1 unspecified atom stereocenters. The lowest BCUT2D eigenvalue weighted by Crippen LogP contribution is -2.45. The predicted octanol–water partition coefficient (Wildman–Crippen LogP) is 3.17. The van der Waals surface area contributed by atoms with Crippen molar-refractivity contribution in [3.63, 3.8) is 0 Å². The first-order valence-electron chi connectivity index (χ1n) is 10.4. The molecule has 29 heavy (non-hydrogen) atoms. The van der Waals surface area contributed by atoms with Gasteiger partial charge < -0.3 is 10.6 Å². The molecule has 0 bridgehead atoms. The van der Waals surface area contributed by atoms with Crippen LogP contribution in [0.1, 0.15) is 50.7 Å². The zero-order chi connectivity index (χ0) is 20.4. The third-order valence-corrected chi connectivity index (χ3v) is 5.99. The number of guanidine groups is 1. The highest BCUT2D eigenvalue weighted by Gasteiger charge is 2.19. The van der Waals surface area contributed by atoms with Crippen molar-refractivity contribution in [1.82, 2.24) is 15.5 Å². The summed E-state index contributed by atoms with van der Waals surface area (Å²) in [4.78, 5) is 7.27. The van der Waals surface area contributed by atoms with Gasteiger partial charge in [0.1, 0.15) is 0 Å². The van der Waals surface area contributed by atoms with E-state index in [0.717, 1.165) is 42.8 Å². The van der Waals surface area contributed by atoms with E-state index in [4.69, 9.17) is 0 Å². The molecule has 1 aliphatic heterocycles. The van der Waals surface area contributed by atoms with Crippen molar-refractivity contribution in [3.8, 4) is 0 Å². The van der Waals surface area contributed by atoms with Gasteiger partial charge in [-0.1, -0.05) is 37.6 Å². The van der Waals surface area contributed by atoms with Crippen LogP contribution in [0.4, 0.5) is 0 Å². The minimum atomic E-state index is -3.00. The standard InChI is InChI=1S/C21H36N4O2S.HI/c1-4-20-8-6-7-14-25(20)15-13-23-21(22-5-2)24-16-18-9-11-19(12-10-18)17-28(3,26)27;/h9-12,20H,4-8,13-17H2,1-3H3,(H2,22,23,24);1H. The van der Waals surface area contributed by atoms with Crippen molar-refractivity contribution >= 4 is 39.8 Å². The lowest BCUT2D eigenvalue weighted by atomic mass is 10.0. The van der Waals surface area contributed by atoms with E-state index in [-0.39, 0.29) is 29.7 Å². The smallest absolute Gasteiger partial charge is 0.191 e. The summed E-state index contributed by atoms with van der Waals surface area (Å²) in [5.41, 5.74) is 1.88. The largest absolute Gasteiger partial charge is 0.357 e. The van der Waals surface area contributed by atoms with Crippen molar-refractivity contribution in [3.05, 3.63) is 35.4 Å². The van der Waals surface area contributed by atoms with E-state index in [1.54, 1.807) is 0 Å². The summed E-state index contributed by atoms with van der Waals surface area (Å²) in [5.74, 6) is 0.906. The van der Waals surface area contributed by atoms with E-state index in [2.05, 4.69) is 34.4 Å². The van der Waals surface area contributed by atoms with Crippen LogP contribution in [0.5, 0.6) is 0 Å². The van der Waals surface area contributed by atoms with Crippen LogP contribution in [-0.4, -0.2) is 57.8 Å². The van der Waals surface area contributed by atoms with Crippen LogP contribution in [0.3, 0.4) is 0 Å². The van der Waals surface area contributed by atoms with Crippen LogP contribution in [0.15, 0.2) is 29.3 Å². The maximum Gasteiger partial charge on any atom is 0.191 e. The molecule has 0 saturated carbocycles. The third kappa shape index (κ3) is 10.1. The number of nitrogens with one attached hydrogen (secondary N) is 2. The van der Waals surface area contributed by atoms with Gasteiger partial charge in [-0.05, 0) is 43.9 Å². The molecule has 8 heteroatoms. The molecule has 166 valence electrons. The Bertz CT molecular complexity index is 723. The van der Waals surface area contributed by atoms with E-state index in [0.29, 0.717) is 6.54 Å². The van der Waals surface area contributed by atoms with Crippen LogP contribution in [0.2, 0.25) is 0 Å². The second-order valence-electron chi connectivity index (χ2n) is 7.60. The van der Waals surface area contributed by atoms with Crippen molar-refractivity contribution in [2.45, 2.75) is 57.9 Å². The first-order valence-corrected chi connectivity index (χ1v) is 12.5. The van der Waals surface area contributed by atoms with E-state index in [9.17, 15) is 8.42 Å². The zero-order valence-electron chi connectivity index (χ0n) is 18.0. The number of hydrogen-bond donors (Lipinski definition) is 2. The number of sulfone groups is 1. The number of aliphatic imine (C=N–C) groups is 1. The van der Waals surface area contributed by atoms with Gasteiger partial charge in [0.15, 0.2) is 15.8 Å². The van der Waals surface area contributed by atoms with Crippen LogP contribution >= 0.6 is 24.0 Å². The minimum absolute atomic E-state index is 0. The molecule has 1 heterocycles. The van der Waals surface area contributed by atoms with Crippen molar-refractivity contribution in [1.29, 1.82) is 0 Å². The number of piperidine rings is 1. The molecule has 0 amide bonds. The number of halogens is 1. The maximum absolute atomic E-state index is 11.4. The number of benzene rings is 1. The highest BCUT2D eigenvalue weighted by Crippen LogP contribution is 2.18. The molecule has 1 atom stereocenters. The highest BCUT2D eigenvalue weighted by atomic mass is 127. The van der Waals surface area contributed by atoms with Crippen molar-refractivity contribution in [2.75, 3.05) is 32.4 Å². The van der Waals surface area contributed by atoms with Crippen LogP contribution < -0.4 is 10.6 Å². The molecule has 0 radical (unpaired) electrons. The van der Waals surface area contributed by atoms with Gasteiger partial charge in [0.05, 0.1) is 12.3 Å². The molecule has 0 aliphatic carbocycles. The van der Waals surface area contributed by atoms with Gasteiger partial charge in [-0.2, -0.15) is 0 Å². The third-order valence-electron chi connectivity index (χ3n) is 5.13. The number of likely N-dealkylation sites (tertiary alicyclic amines) is 1. The summed E-state index contributed by atoms with van der Waals surface area (Å²) in [6, 6.07) is 8.36. The Morgan fingerprint density at radius 3 is 2.45 bits per heavy atom. The summed E-state index contributed by atoms with van der Waals surface area (Å²) >= 11 is 0. The van der Waals surface area contributed by atoms with E-state index in [1.165, 1.54) is 38.5 Å². The molecule has 6 nitrogen and oxygen atoms in total. The van der Waals surface area contributed by atoms with E-state index < -0.39 is 9.84 Å². The number of rotatable bonds is 9. The quantitative estimate of drug-likeness (QED) is 0.288. The number of nitrogens with zero attached hydrogens (tertiary/aromatic N) is 2. The van der Waals surface area contributed by atoms with Crippen LogP contribution in [0, 0.1) is 0 Å². The van der Waals surface area contributed by atoms with Gasteiger partial charge in [-0.25, -0.2) is 13.4 Å². The maximum atomic E-state index is 11.4. The van der Waals surface area contributed by atoms with E-state index >= 15 is 0 Å². The van der Waals surface area contributed by atoms with E-state index in [1.807, 2.05) is 24.3 Å². The second kappa shape index (κ2) is 13.4. The Morgan fingerprint density at radius 1 is 1.14 bits per heavy atom. The average molecular weight is 537 g/mol. The molecule has 1 aromatic carbocycles. The second-order valence-corrected chi connectivity index (χ2v) is 9.74. The van der Waals surface area contributed by atoms with Crippen LogP contribution in [0.25, 0.3) is 0 Å². The van der Waals surface area contributed by atoms with Crippen molar-refractivity contribution in [2.24, 2.45) is 4.99 Å². The first-order chi connectivity index (χ1) is 13.4. The molecule has 1 saturated heterocycles. The average Bonchev–Trinajstić information content (AvgIpc) is 2.66. The topological polar surface area (TPSA) is 73.8 Å². The normalized spacial score (nSPS) is 18.2. The summed E-state index contributed by atoms with van der Waals surface area (Å²) in [5, 5.41) is 6.74. The Morgan fingerprint density at radius 2 is 1.83 bits per heavy atom. The molecule has 2 N–H and O–H groups in total. The van der Waals surface area contributed by atoms with Gasteiger partial charge in [0.25, 0.3) is 0 Å². The van der Waals surface area contributed by atoms with Gasteiger partial charge in [0.2, 0.25) is 0 Å². The summed E-state index contributed by atoms with van der Waals surface area (Å²) < 4.78 is 22.8. The summed E-state index contributed by atoms with van der Waals surface area (Å²) in [6.07, 6.45) is 6.46. The van der Waals surface area contributed by atoms with Gasteiger partial charge in [0, 0.05) is 31.9 Å². The molecule has 1 aliphatic rings. The zero-order valence-corrected chi connectivity index (χ0v) is 21.1. The Labute approximate surface area is 193 Å². The summed E-state index contributed by atoms with van der Waals surface area (Å²) in [7, 11) is -3.00. The molecule has 1 aromatic rings. The fourth-order valence-electron chi connectivity index (χ4n) is 3.69. The lowest BCUT2D eigenvalue weighted by molar-refractivity contribution is 0.147. The van der Waals surface area contributed by atoms with Crippen molar-refractivity contribution < 1.29 is 8.42 Å². The molecular formula is C21H37IN4O2S. The predicted molar refractivity (Wildman–Crippen MR) is 133 cm³/mol. The SMILES string of the molecule is CCNC(=NCc1ccc(CS(C)(=O)=O)cc1)NCCN1CCCCC1CC.I. The fourth-order valence-corrected chi connectivity index (χ4v) is 4.49. The Kier molecular flexibility index (Phi) is 12.1. The van der Waals surface area contributed by atoms with Gasteiger partial charge in [-0.3, -0.25) is 4.90 Å². The molecule has 0 aromatic heterocycles. The Hall–Kier alpha value is -0.870. The molecule has 0 spiro atoms. The van der Waals surface area contributed by atoms with Crippen LogP contribution in [-0.2, 0) is 22.1 Å². The Balaban J connectivity index is 0.00000420. The van der Waals surface area contributed by atoms with Gasteiger partial charge in [-0.15, -0.1) is 24.0 Å². The molecule has 2 rings (SSSR count). The minimum Gasteiger partial charge on any atom is -0.357 e. The van der Waals surface area contributed by atoms with Gasteiger partial charge >= 0.3 is 0 Å². The number of hydrogen-bond acceptors (Lipinski definition) is 4. The lowest BCUT2D eigenvalue weighted by Gasteiger charge is -2.35. The fraction of sp³-hybridized carbons (Fsp3) is 0.667. The highest BCUT2D eigenvalue weighted by molar-refractivity contribution is 14.0. The molecule has 1 fully saturated rings.